The molecule has 3 atom stereocenters. The zero-order chi connectivity index (χ0) is 27.2. The van der Waals surface area contributed by atoms with E-state index < -0.39 is 27.3 Å². The van der Waals surface area contributed by atoms with Crippen LogP contribution < -0.4 is 10.2 Å². The summed E-state index contributed by atoms with van der Waals surface area (Å²) in [6.45, 7) is 6.18. The molecule has 1 aliphatic rings. The molecule has 0 radical (unpaired) electrons. The number of amides is 1. The first-order valence-electron chi connectivity index (χ1n) is 13.7. The molecule has 37 heavy (non-hydrogen) atoms. The number of nitrogens with zero attached hydrogens (tertiary/aromatic N) is 1. The van der Waals surface area contributed by atoms with Crippen LogP contribution in [0, 0.1) is 5.41 Å². The van der Waals surface area contributed by atoms with Crippen molar-refractivity contribution in [3.8, 4) is 0 Å². The van der Waals surface area contributed by atoms with E-state index in [-0.39, 0.29) is 11.7 Å². The van der Waals surface area contributed by atoms with Gasteiger partial charge in [0, 0.05) is 43.2 Å². The molecule has 3 rings (SSSR count). The lowest BCUT2D eigenvalue weighted by atomic mass is 9.69. The number of aliphatic hydroxyl groups is 1. The van der Waals surface area contributed by atoms with Crippen molar-refractivity contribution in [3.63, 3.8) is 0 Å². The fraction of sp³-hybridized carbons (Fsp3) is 0.567. The van der Waals surface area contributed by atoms with Gasteiger partial charge in [-0.1, -0.05) is 58.6 Å². The number of benzene rings is 2. The van der Waals surface area contributed by atoms with E-state index in [9.17, 15) is 18.3 Å². The maximum Gasteiger partial charge on any atom is 0.224 e. The van der Waals surface area contributed by atoms with Crippen LogP contribution in [0.5, 0.6) is 0 Å². The number of hydrogen-bond donors (Lipinski definition) is 2. The number of aliphatic hydroxyl groups excluding tert-OH is 1. The van der Waals surface area contributed by atoms with Gasteiger partial charge in [0.1, 0.15) is 0 Å². The van der Waals surface area contributed by atoms with Gasteiger partial charge in [-0.15, -0.1) is 0 Å². The summed E-state index contributed by atoms with van der Waals surface area (Å²) >= 11 is 0. The van der Waals surface area contributed by atoms with Gasteiger partial charge in [0.25, 0.3) is 0 Å². The number of rotatable bonds is 11. The van der Waals surface area contributed by atoms with Crippen LogP contribution in [0.4, 0.5) is 11.4 Å². The average Bonchev–Trinajstić information content (AvgIpc) is 2.93. The summed E-state index contributed by atoms with van der Waals surface area (Å²) in [5, 5.41) is 15.1. The second-order valence-corrected chi connectivity index (χ2v) is 12.7. The zero-order valence-corrected chi connectivity index (χ0v) is 23.9. The minimum atomic E-state index is -3.64. The Bertz CT molecular complexity index is 1180. The molecule has 0 aliphatic carbocycles. The van der Waals surface area contributed by atoms with Gasteiger partial charge in [0.15, 0.2) is 9.84 Å². The predicted molar refractivity (Wildman–Crippen MR) is 152 cm³/mol. The molecular weight excluding hydrogens is 484 g/mol. The Morgan fingerprint density at radius 2 is 1.78 bits per heavy atom. The lowest BCUT2D eigenvalue weighted by Gasteiger charge is -2.39. The van der Waals surface area contributed by atoms with E-state index in [1.54, 1.807) is 6.07 Å². The molecule has 1 heterocycles. The molecule has 2 unspecified atom stereocenters. The summed E-state index contributed by atoms with van der Waals surface area (Å²) in [5.74, 6) is -0.646. The van der Waals surface area contributed by atoms with Crippen molar-refractivity contribution >= 4 is 27.1 Å². The Morgan fingerprint density at radius 1 is 1.05 bits per heavy atom. The Kier molecular flexibility index (Phi) is 9.81. The van der Waals surface area contributed by atoms with Crippen LogP contribution in [-0.4, -0.2) is 45.4 Å². The highest BCUT2D eigenvalue weighted by molar-refractivity contribution is 7.91. The van der Waals surface area contributed by atoms with E-state index in [4.69, 9.17) is 0 Å². The molecule has 2 aromatic rings. The highest BCUT2D eigenvalue weighted by Crippen LogP contribution is 2.49. The summed E-state index contributed by atoms with van der Waals surface area (Å²) in [5.41, 5.74) is 2.21. The van der Waals surface area contributed by atoms with Crippen LogP contribution in [-0.2, 0) is 14.6 Å². The van der Waals surface area contributed by atoms with Crippen molar-refractivity contribution in [3.05, 3.63) is 53.6 Å². The second kappa shape index (κ2) is 12.4. The standard InChI is InChI=1S/C30H44N2O4S/c1-6-9-11-15-27(33)31-23-14-12-13-22(19-23)28-25-20-24(32(4)5)16-17-26(25)37(35,36)21-30(8-3,29(28)34)18-10-7-2/h12-14,16-17,19-20,28-29,34H,6-11,15,18,21H2,1-5H3,(H,31,33)/t28?,29?,30-/m1/s1. The molecule has 0 saturated heterocycles. The molecule has 0 bridgehead atoms. The molecule has 204 valence electrons. The van der Waals surface area contributed by atoms with Crippen molar-refractivity contribution in [2.75, 3.05) is 30.1 Å². The topological polar surface area (TPSA) is 86.7 Å². The Morgan fingerprint density at radius 3 is 2.43 bits per heavy atom. The summed E-state index contributed by atoms with van der Waals surface area (Å²) in [7, 11) is 0.207. The van der Waals surface area contributed by atoms with Crippen LogP contribution in [0.15, 0.2) is 47.4 Å². The predicted octanol–water partition coefficient (Wildman–Crippen LogP) is 6.14. The maximum absolute atomic E-state index is 13.8. The smallest absolute Gasteiger partial charge is 0.224 e. The normalized spacial score (nSPS) is 22.6. The van der Waals surface area contributed by atoms with Crippen LogP contribution in [0.25, 0.3) is 0 Å². The number of nitrogens with one attached hydrogen (secondary N) is 1. The van der Waals surface area contributed by atoms with Crippen LogP contribution >= 0.6 is 0 Å². The highest BCUT2D eigenvalue weighted by atomic mass is 32.2. The van der Waals surface area contributed by atoms with Crippen molar-refractivity contribution in [1.29, 1.82) is 0 Å². The number of carbonyl (C=O) groups excluding carboxylic acids is 1. The van der Waals surface area contributed by atoms with Crippen molar-refractivity contribution in [2.45, 2.75) is 89.1 Å². The summed E-state index contributed by atoms with van der Waals surface area (Å²) < 4.78 is 27.6. The fourth-order valence-electron chi connectivity index (χ4n) is 5.57. The number of unbranched alkanes of at least 4 members (excludes halogenated alkanes) is 3. The second-order valence-electron chi connectivity index (χ2n) is 10.7. The summed E-state index contributed by atoms with van der Waals surface area (Å²) in [4.78, 5) is 14.8. The molecule has 0 fully saturated rings. The van der Waals surface area contributed by atoms with E-state index in [1.807, 2.05) is 62.3 Å². The van der Waals surface area contributed by atoms with Crippen molar-refractivity contribution < 1.29 is 18.3 Å². The number of carbonyl (C=O) groups is 1. The number of anilines is 2. The summed E-state index contributed by atoms with van der Waals surface area (Å²) in [6.07, 6.45) is 5.45. The van der Waals surface area contributed by atoms with Crippen LogP contribution in [0.1, 0.15) is 89.2 Å². The van der Waals surface area contributed by atoms with Gasteiger partial charge >= 0.3 is 0 Å². The third-order valence-corrected chi connectivity index (χ3v) is 9.87. The lowest BCUT2D eigenvalue weighted by Crippen LogP contribution is -2.42. The third kappa shape index (κ3) is 6.55. The van der Waals surface area contributed by atoms with E-state index in [2.05, 4.69) is 19.2 Å². The average molecular weight is 529 g/mol. The van der Waals surface area contributed by atoms with Crippen molar-refractivity contribution in [1.82, 2.24) is 0 Å². The minimum absolute atomic E-state index is 0.0317. The van der Waals surface area contributed by atoms with Gasteiger partial charge < -0.3 is 15.3 Å². The van der Waals surface area contributed by atoms with Gasteiger partial charge in [0.2, 0.25) is 5.91 Å². The maximum atomic E-state index is 13.8. The first-order chi connectivity index (χ1) is 17.6. The van der Waals surface area contributed by atoms with Gasteiger partial charge in [-0.25, -0.2) is 8.42 Å². The minimum Gasteiger partial charge on any atom is -0.392 e. The van der Waals surface area contributed by atoms with E-state index >= 15 is 0 Å². The van der Waals surface area contributed by atoms with Crippen LogP contribution in [0.2, 0.25) is 0 Å². The molecule has 0 spiro atoms. The van der Waals surface area contributed by atoms with E-state index in [0.717, 1.165) is 43.4 Å². The Hall–Kier alpha value is -2.38. The van der Waals surface area contributed by atoms with Crippen molar-refractivity contribution in [2.24, 2.45) is 5.41 Å². The summed E-state index contributed by atoms with van der Waals surface area (Å²) in [6, 6.07) is 13.0. The van der Waals surface area contributed by atoms with Gasteiger partial charge in [-0.05, 0) is 60.7 Å². The molecule has 2 aromatic carbocycles. The van der Waals surface area contributed by atoms with Gasteiger partial charge in [-0.2, -0.15) is 0 Å². The lowest BCUT2D eigenvalue weighted by molar-refractivity contribution is -0.116. The number of sulfone groups is 1. The molecule has 1 aliphatic heterocycles. The highest BCUT2D eigenvalue weighted by Gasteiger charge is 2.49. The quantitative estimate of drug-likeness (QED) is 0.342. The number of fused-ring (bicyclic) bond motifs is 1. The molecule has 0 aromatic heterocycles. The molecular formula is C30H44N2O4S. The van der Waals surface area contributed by atoms with Crippen LogP contribution in [0.3, 0.4) is 0 Å². The largest absolute Gasteiger partial charge is 0.392 e. The van der Waals surface area contributed by atoms with Gasteiger partial charge in [-0.3, -0.25) is 4.79 Å². The SMILES string of the molecule is CCCCCC(=O)Nc1cccc(C2c3cc(N(C)C)ccc3S(=O)(=O)C[C@@](CC)(CCCC)C2O)c1. The monoisotopic (exact) mass is 528 g/mol. The molecule has 7 heteroatoms. The van der Waals surface area contributed by atoms with E-state index in [1.165, 1.54) is 0 Å². The third-order valence-electron chi connectivity index (χ3n) is 7.87. The molecule has 6 nitrogen and oxygen atoms in total. The first-order valence-corrected chi connectivity index (χ1v) is 15.4. The van der Waals surface area contributed by atoms with E-state index in [0.29, 0.717) is 35.4 Å². The first kappa shape index (κ1) is 29.2. The zero-order valence-electron chi connectivity index (χ0n) is 23.1. The fourth-order valence-corrected chi connectivity index (χ4v) is 7.83. The molecule has 0 saturated carbocycles. The Labute approximate surface area is 223 Å². The number of hydrogen-bond acceptors (Lipinski definition) is 5. The molecule has 2 N–H and O–H groups in total. The Balaban J connectivity index is 2.16. The molecule has 1 amide bonds. The van der Waals surface area contributed by atoms with Gasteiger partial charge in [0.05, 0.1) is 16.8 Å².